The Morgan fingerprint density at radius 1 is 0.773 bits per heavy atom. The number of rotatable bonds is 15. The van der Waals surface area contributed by atoms with Crippen molar-refractivity contribution in [1.29, 1.82) is 0 Å². The Hall–Kier alpha value is -0.0500. The van der Waals surface area contributed by atoms with Crippen molar-refractivity contribution in [2.75, 3.05) is 11.9 Å². The second-order valence-corrected chi connectivity index (χ2v) is 6.34. The Kier molecular flexibility index (Phi) is 25.5. The minimum atomic E-state index is -0.0147. The number of unbranched alkanes of at least 4 members (excludes halogenated alkanes) is 10. The van der Waals surface area contributed by atoms with Gasteiger partial charge in [-0.3, -0.25) is 4.79 Å². The van der Waals surface area contributed by atoms with Crippen LogP contribution < -0.4 is 0 Å². The average molecular weight is 379 g/mol. The Bertz CT molecular complexity index is 208. The van der Waals surface area contributed by atoms with E-state index in [-0.39, 0.29) is 5.97 Å². The van der Waals surface area contributed by atoms with Gasteiger partial charge in [0.25, 0.3) is 0 Å². The van der Waals surface area contributed by atoms with Crippen LogP contribution in [0, 0.1) is 0 Å². The van der Waals surface area contributed by atoms with Gasteiger partial charge in [0.1, 0.15) is 0 Å². The van der Waals surface area contributed by atoms with E-state index in [1.54, 1.807) is 0 Å². The summed E-state index contributed by atoms with van der Waals surface area (Å²) >= 11 is 3.39. The van der Waals surface area contributed by atoms with E-state index in [4.69, 9.17) is 4.74 Å². The van der Waals surface area contributed by atoms with Crippen molar-refractivity contribution in [3.8, 4) is 0 Å². The van der Waals surface area contributed by atoms with Crippen molar-refractivity contribution in [3.05, 3.63) is 0 Å². The second kappa shape index (κ2) is 23.2. The van der Waals surface area contributed by atoms with Gasteiger partial charge in [-0.25, -0.2) is 0 Å². The van der Waals surface area contributed by atoms with Crippen molar-refractivity contribution in [2.45, 2.75) is 104 Å². The summed E-state index contributed by atoms with van der Waals surface area (Å²) < 4.78 is 5.23. The predicted molar refractivity (Wildman–Crippen MR) is 102 cm³/mol. The lowest BCUT2D eigenvalue weighted by atomic mass is 10.1. The number of hydrogen-bond donors (Lipinski definition) is 0. The van der Waals surface area contributed by atoms with Gasteiger partial charge in [-0.15, -0.1) is 0 Å². The third-order valence-corrected chi connectivity index (χ3v) is 4.09. The first kappa shape index (κ1) is 24.2. The largest absolute Gasteiger partial charge is 0.466 e. The van der Waals surface area contributed by atoms with Crippen LogP contribution in [0.2, 0.25) is 0 Å². The lowest BCUT2D eigenvalue weighted by molar-refractivity contribution is -0.143. The Morgan fingerprint density at radius 2 is 1.27 bits per heavy atom. The van der Waals surface area contributed by atoms with E-state index in [1.807, 2.05) is 13.8 Å². The number of carbonyl (C=O) groups excluding carboxylic acids is 1. The first-order chi connectivity index (χ1) is 10.8. The summed E-state index contributed by atoms with van der Waals surface area (Å²) in [4.78, 5) is 11.4. The summed E-state index contributed by atoms with van der Waals surface area (Å²) in [5.41, 5.74) is 0. The molecule has 0 unspecified atom stereocenters. The Balaban J connectivity index is 0. The normalized spacial score (nSPS) is 10.0. The van der Waals surface area contributed by atoms with Crippen LogP contribution >= 0.6 is 15.9 Å². The number of hydrogen-bond acceptors (Lipinski definition) is 2. The van der Waals surface area contributed by atoms with Crippen LogP contribution in [0.25, 0.3) is 0 Å². The van der Waals surface area contributed by atoms with Crippen molar-refractivity contribution in [3.63, 3.8) is 0 Å². The van der Waals surface area contributed by atoms with Gasteiger partial charge >= 0.3 is 5.97 Å². The zero-order valence-corrected chi connectivity index (χ0v) is 16.9. The summed E-state index contributed by atoms with van der Waals surface area (Å²) in [6.07, 6.45) is 15.5. The molecule has 0 aromatic heterocycles. The van der Waals surface area contributed by atoms with Gasteiger partial charge in [0.2, 0.25) is 0 Å². The van der Waals surface area contributed by atoms with Crippen LogP contribution in [0.15, 0.2) is 0 Å². The maximum Gasteiger partial charge on any atom is 0.305 e. The van der Waals surface area contributed by atoms with Crippen molar-refractivity contribution >= 4 is 21.9 Å². The summed E-state index contributed by atoms with van der Waals surface area (Å²) in [6, 6.07) is 0. The minimum Gasteiger partial charge on any atom is -0.466 e. The van der Waals surface area contributed by atoms with E-state index in [9.17, 15) is 4.79 Å². The molecule has 0 aliphatic carbocycles. The third-order valence-electron chi connectivity index (χ3n) is 3.53. The van der Waals surface area contributed by atoms with Crippen molar-refractivity contribution < 1.29 is 9.53 Å². The molecule has 0 rings (SSSR count). The highest BCUT2D eigenvalue weighted by atomic mass is 79.9. The fourth-order valence-electron chi connectivity index (χ4n) is 2.21. The maximum atomic E-state index is 11.4. The first-order valence-corrected chi connectivity index (χ1v) is 10.6. The number of halogens is 1. The third kappa shape index (κ3) is 22.2. The van der Waals surface area contributed by atoms with Crippen LogP contribution in [0.4, 0.5) is 0 Å². The smallest absolute Gasteiger partial charge is 0.305 e. The van der Waals surface area contributed by atoms with Gasteiger partial charge in [-0.2, -0.15) is 0 Å². The molecule has 3 heteroatoms. The van der Waals surface area contributed by atoms with Crippen LogP contribution in [-0.4, -0.2) is 17.9 Å². The van der Waals surface area contributed by atoms with Crippen molar-refractivity contribution in [1.82, 2.24) is 0 Å². The standard InChI is InChI=1S/C17H33BrO2.C2H6/c1-2-3-4-5-6-7-8-9-13-16-20-17(19)14-11-10-12-15-18;1-2/h2-16H2,1H3;1-2H3. The molecule has 0 heterocycles. The Labute approximate surface area is 147 Å². The highest BCUT2D eigenvalue weighted by molar-refractivity contribution is 9.09. The van der Waals surface area contributed by atoms with Crippen LogP contribution in [0.3, 0.4) is 0 Å². The average Bonchev–Trinajstić information content (AvgIpc) is 2.55. The topological polar surface area (TPSA) is 26.3 Å². The molecule has 0 aliphatic heterocycles. The van der Waals surface area contributed by atoms with Gasteiger partial charge in [-0.1, -0.05) is 94.5 Å². The molecule has 0 fully saturated rings. The number of ether oxygens (including phenoxy) is 1. The molecular weight excluding hydrogens is 340 g/mol. The zero-order chi connectivity index (χ0) is 16.9. The summed E-state index contributed by atoms with van der Waals surface area (Å²) in [7, 11) is 0. The molecule has 134 valence electrons. The van der Waals surface area contributed by atoms with Crippen LogP contribution in [0.5, 0.6) is 0 Å². The fraction of sp³-hybridized carbons (Fsp3) is 0.947. The van der Waals surface area contributed by atoms with Gasteiger partial charge < -0.3 is 4.74 Å². The lowest BCUT2D eigenvalue weighted by Crippen LogP contribution is -2.05. The SMILES string of the molecule is CC.CCCCCCCCCCCOC(=O)CCCCCBr. The van der Waals surface area contributed by atoms with E-state index < -0.39 is 0 Å². The number of carbonyl (C=O) groups is 1. The van der Waals surface area contributed by atoms with E-state index in [0.29, 0.717) is 13.0 Å². The minimum absolute atomic E-state index is 0.0147. The van der Waals surface area contributed by atoms with Crippen molar-refractivity contribution in [2.24, 2.45) is 0 Å². The second-order valence-electron chi connectivity index (χ2n) is 5.55. The maximum absolute atomic E-state index is 11.4. The van der Waals surface area contributed by atoms with E-state index in [2.05, 4.69) is 22.9 Å². The quantitative estimate of drug-likeness (QED) is 0.173. The molecule has 0 aromatic carbocycles. The molecule has 0 N–H and O–H groups in total. The molecule has 0 bridgehead atoms. The summed E-state index contributed by atoms with van der Waals surface area (Å²) in [5, 5.41) is 1.03. The fourth-order valence-corrected chi connectivity index (χ4v) is 2.61. The van der Waals surface area contributed by atoms with Gasteiger partial charge in [0, 0.05) is 11.8 Å². The molecule has 0 radical (unpaired) electrons. The number of alkyl halides is 1. The first-order valence-electron chi connectivity index (χ1n) is 9.52. The molecule has 0 amide bonds. The molecule has 0 saturated carbocycles. The molecular formula is C19H39BrO2. The highest BCUT2D eigenvalue weighted by Gasteiger charge is 2.01. The molecule has 0 aromatic rings. The molecule has 22 heavy (non-hydrogen) atoms. The van der Waals surface area contributed by atoms with Crippen LogP contribution in [-0.2, 0) is 9.53 Å². The van der Waals surface area contributed by atoms with Crippen LogP contribution in [0.1, 0.15) is 104 Å². The lowest BCUT2D eigenvalue weighted by Gasteiger charge is -2.05. The molecule has 2 nitrogen and oxygen atoms in total. The van der Waals surface area contributed by atoms with Gasteiger partial charge in [0.15, 0.2) is 0 Å². The molecule has 0 spiro atoms. The predicted octanol–water partition coefficient (Wildman–Crippen LogP) is 7.04. The van der Waals surface area contributed by atoms with E-state index in [0.717, 1.165) is 31.0 Å². The number of esters is 1. The van der Waals surface area contributed by atoms with E-state index in [1.165, 1.54) is 51.4 Å². The molecule has 0 aliphatic rings. The summed E-state index contributed by atoms with van der Waals surface area (Å²) in [5.74, 6) is -0.0147. The van der Waals surface area contributed by atoms with Gasteiger partial charge in [-0.05, 0) is 19.3 Å². The van der Waals surface area contributed by atoms with E-state index >= 15 is 0 Å². The monoisotopic (exact) mass is 378 g/mol. The molecule has 0 saturated heterocycles. The highest BCUT2D eigenvalue weighted by Crippen LogP contribution is 2.10. The summed E-state index contributed by atoms with van der Waals surface area (Å²) in [6.45, 7) is 6.87. The zero-order valence-electron chi connectivity index (χ0n) is 15.3. The van der Waals surface area contributed by atoms with Gasteiger partial charge in [0.05, 0.1) is 6.61 Å². The molecule has 0 atom stereocenters. The Morgan fingerprint density at radius 3 is 1.82 bits per heavy atom.